The Morgan fingerprint density at radius 1 is 1.06 bits per heavy atom. The number of pyridine rings is 1. The van der Waals surface area contributed by atoms with Crippen LogP contribution in [0.1, 0.15) is 10.4 Å². The summed E-state index contributed by atoms with van der Waals surface area (Å²) in [5.74, 6) is 0.968. The van der Waals surface area contributed by atoms with E-state index in [1.165, 1.54) is 7.11 Å². The smallest absolute Gasteiger partial charge is 0.279 e. The third-order valence-electron chi connectivity index (χ3n) is 5.67. The van der Waals surface area contributed by atoms with E-state index in [9.17, 15) is 4.79 Å². The van der Waals surface area contributed by atoms with E-state index in [1.807, 2.05) is 24.3 Å². The van der Waals surface area contributed by atoms with Crippen LogP contribution in [0.4, 0.5) is 28.6 Å². The lowest BCUT2D eigenvalue weighted by atomic mass is 10.1. The number of aromatic nitrogens is 1. The van der Waals surface area contributed by atoms with E-state index in [-0.39, 0.29) is 5.91 Å². The first kappa shape index (κ1) is 24.6. The van der Waals surface area contributed by atoms with Crippen LogP contribution < -0.4 is 20.3 Å². The van der Waals surface area contributed by atoms with Crippen LogP contribution in [-0.4, -0.2) is 63.5 Å². The van der Waals surface area contributed by atoms with Crippen molar-refractivity contribution in [3.8, 4) is 5.75 Å². The van der Waals surface area contributed by atoms with E-state index < -0.39 is 0 Å². The van der Waals surface area contributed by atoms with E-state index in [0.717, 1.165) is 29.5 Å². The third kappa shape index (κ3) is 5.76. The Morgan fingerprint density at radius 2 is 1.83 bits per heavy atom. The molecule has 1 saturated heterocycles. The molecule has 10 heteroatoms. The Hall–Kier alpha value is -3.53. The average molecular weight is 498 g/mol. The van der Waals surface area contributed by atoms with Crippen LogP contribution in [0.3, 0.4) is 0 Å². The van der Waals surface area contributed by atoms with Crippen molar-refractivity contribution in [2.24, 2.45) is 0 Å². The highest BCUT2D eigenvalue weighted by atomic mass is 35.5. The summed E-state index contributed by atoms with van der Waals surface area (Å²) in [5.41, 5.74) is 3.47. The molecule has 0 radical (unpaired) electrons. The van der Waals surface area contributed by atoms with Gasteiger partial charge < -0.3 is 25.0 Å². The zero-order chi connectivity index (χ0) is 24.8. The SMILES string of the molecule is COc1cc(N2CCOCC2)ccc1Nc1cc(Nc2ccccc2C(=O)N(C)OC)c(Cl)cn1. The lowest BCUT2D eigenvalue weighted by Crippen LogP contribution is -2.36. The number of para-hydroxylation sites is 1. The minimum absolute atomic E-state index is 0.288. The Balaban J connectivity index is 1.57. The molecular formula is C25H28ClN5O4. The van der Waals surface area contributed by atoms with Crippen LogP contribution in [0.25, 0.3) is 0 Å². The van der Waals surface area contributed by atoms with Crippen molar-refractivity contribution in [3.05, 3.63) is 65.3 Å². The quantitative estimate of drug-likeness (QED) is 0.433. The van der Waals surface area contributed by atoms with Gasteiger partial charge in [-0.25, -0.2) is 10.0 Å². The number of carbonyl (C=O) groups is 1. The summed E-state index contributed by atoms with van der Waals surface area (Å²) in [5, 5.41) is 8.11. The van der Waals surface area contributed by atoms with Crippen LogP contribution in [-0.2, 0) is 9.57 Å². The van der Waals surface area contributed by atoms with Crippen molar-refractivity contribution in [3.63, 3.8) is 0 Å². The second-order valence-corrected chi connectivity index (χ2v) is 8.22. The molecule has 0 saturated carbocycles. The molecule has 1 aromatic heterocycles. The molecule has 1 aliphatic rings. The van der Waals surface area contributed by atoms with E-state index in [1.54, 1.807) is 44.6 Å². The number of hydroxylamine groups is 2. The number of rotatable bonds is 8. The molecule has 35 heavy (non-hydrogen) atoms. The van der Waals surface area contributed by atoms with Crippen molar-refractivity contribution in [2.75, 3.05) is 63.1 Å². The summed E-state index contributed by atoms with van der Waals surface area (Å²) >= 11 is 6.42. The molecule has 4 rings (SSSR count). The van der Waals surface area contributed by atoms with Crippen molar-refractivity contribution in [1.29, 1.82) is 0 Å². The maximum absolute atomic E-state index is 12.7. The monoisotopic (exact) mass is 497 g/mol. The molecule has 9 nitrogen and oxygen atoms in total. The van der Waals surface area contributed by atoms with Gasteiger partial charge in [0.1, 0.15) is 11.6 Å². The van der Waals surface area contributed by atoms with Crippen molar-refractivity contribution in [2.45, 2.75) is 0 Å². The van der Waals surface area contributed by atoms with Crippen molar-refractivity contribution < 1.29 is 19.1 Å². The van der Waals surface area contributed by atoms with Gasteiger partial charge in [-0.1, -0.05) is 23.7 Å². The number of anilines is 5. The summed E-state index contributed by atoms with van der Waals surface area (Å²) in [6, 6.07) is 14.9. The average Bonchev–Trinajstić information content (AvgIpc) is 2.90. The first-order valence-corrected chi connectivity index (χ1v) is 11.5. The second-order valence-electron chi connectivity index (χ2n) is 7.81. The van der Waals surface area contributed by atoms with Gasteiger partial charge in [0.05, 0.1) is 61.3 Å². The van der Waals surface area contributed by atoms with Gasteiger partial charge in [0.25, 0.3) is 5.91 Å². The van der Waals surface area contributed by atoms with Crippen molar-refractivity contribution in [1.82, 2.24) is 10.0 Å². The first-order chi connectivity index (χ1) is 17.0. The standard InChI is InChI=1S/C25H28ClN5O4/c1-30(34-3)25(32)18-6-4-5-7-20(18)28-22-15-24(27-16-19(22)26)29-21-9-8-17(14-23(21)33-2)31-10-12-35-13-11-31/h4-9,14-16H,10-13H2,1-3H3,(H2,27,28,29). The van der Waals surface area contributed by atoms with Gasteiger partial charge in [0, 0.05) is 38.0 Å². The molecule has 1 aliphatic heterocycles. The lowest BCUT2D eigenvalue weighted by Gasteiger charge is -2.29. The maximum atomic E-state index is 12.7. The predicted octanol–water partition coefficient (Wildman–Crippen LogP) is 4.70. The van der Waals surface area contributed by atoms with E-state index >= 15 is 0 Å². The maximum Gasteiger partial charge on any atom is 0.279 e. The summed E-state index contributed by atoms with van der Waals surface area (Å²) in [4.78, 5) is 24.4. The number of hydrogen-bond acceptors (Lipinski definition) is 8. The topological polar surface area (TPSA) is 88.2 Å². The molecule has 0 bridgehead atoms. The van der Waals surface area contributed by atoms with E-state index in [4.69, 9.17) is 25.9 Å². The largest absolute Gasteiger partial charge is 0.494 e. The van der Waals surface area contributed by atoms with E-state index in [2.05, 4.69) is 20.5 Å². The summed E-state index contributed by atoms with van der Waals surface area (Å²) in [7, 11) is 4.63. The van der Waals surface area contributed by atoms with Gasteiger partial charge in [-0.2, -0.15) is 0 Å². The van der Waals surface area contributed by atoms with Gasteiger partial charge in [-0.05, 0) is 24.3 Å². The minimum Gasteiger partial charge on any atom is -0.494 e. The van der Waals surface area contributed by atoms with Crippen LogP contribution in [0, 0.1) is 0 Å². The number of hydrogen-bond donors (Lipinski definition) is 2. The van der Waals surface area contributed by atoms with Gasteiger partial charge in [0.15, 0.2) is 0 Å². The fourth-order valence-corrected chi connectivity index (χ4v) is 3.87. The number of amides is 1. The predicted molar refractivity (Wildman–Crippen MR) is 137 cm³/mol. The molecule has 184 valence electrons. The third-order valence-corrected chi connectivity index (χ3v) is 5.97. The van der Waals surface area contributed by atoms with Crippen molar-refractivity contribution >= 4 is 46.1 Å². The molecule has 1 fully saturated rings. The number of halogens is 1. The molecule has 2 heterocycles. The fourth-order valence-electron chi connectivity index (χ4n) is 3.72. The number of morpholine rings is 1. The highest BCUT2D eigenvalue weighted by Gasteiger charge is 2.17. The highest BCUT2D eigenvalue weighted by Crippen LogP contribution is 2.34. The molecule has 0 spiro atoms. The van der Waals surface area contributed by atoms with Gasteiger partial charge in [0.2, 0.25) is 0 Å². The molecule has 2 aromatic carbocycles. The summed E-state index contributed by atoms with van der Waals surface area (Å²) in [6.07, 6.45) is 1.55. The van der Waals surface area contributed by atoms with Gasteiger partial charge >= 0.3 is 0 Å². The number of methoxy groups -OCH3 is 1. The number of nitrogens with one attached hydrogen (secondary N) is 2. The minimum atomic E-state index is -0.288. The zero-order valence-electron chi connectivity index (χ0n) is 19.9. The van der Waals surface area contributed by atoms with Crippen LogP contribution in [0.2, 0.25) is 5.02 Å². The normalized spacial score (nSPS) is 13.3. The molecule has 0 unspecified atom stereocenters. The molecule has 0 atom stereocenters. The molecule has 1 amide bonds. The Morgan fingerprint density at radius 3 is 2.57 bits per heavy atom. The Labute approximate surface area is 209 Å². The molecular weight excluding hydrogens is 470 g/mol. The van der Waals surface area contributed by atoms with Crippen LogP contribution >= 0.6 is 11.6 Å². The summed E-state index contributed by atoms with van der Waals surface area (Å²) in [6.45, 7) is 3.11. The second kappa shape index (κ2) is 11.3. The van der Waals surface area contributed by atoms with E-state index in [0.29, 0.717) is 46.7 Å². The number of carbonyl (C=O) groups excluding carboxylic acids is 1. The first-order valence-electron chi connectivity index (χ1n) is 11.1. The Kier molecular flexibility index (Phi) is 7.91. The summed E-state index contributed by atoms with van der Waals surface area (Å²) < 4.78 is 11.1. The zero-order valence-corrected chi connectivity index (χ0v) is 20.6. The number of benzene rings is 2. The molecule has 3 aromatic rings. The molecule has 0 aliphatic carbocycles. The Bertz CT molecular complexity index is 1190. The van der Waals surface area contributed by atoms with Gasteiger partial charge in [-0.3, -0.25) is 9.63 Å². The lowest BCUT2D eigenvalue weighted by molar-refractivity contribution is -0.0756. The molecule has 2 N–H and O–H groups in total. The number of nitrogens with zero attached hydrogens (tertiary/aromatic N) is 3. The fraction of sp³-hybridized carbons (Fsp3) is 0.280. The number of ether oxygens (including phenoxy) is 2. The van der Waals surface area contributed by atoms with Crippen LogP contribution in [0.5, 0.6) is 5.75 Å². The highest BCUT2D eigenvalue weighted by molar-refractivity contribution is 6.33. The van der Waals surface area contributed by atoms with Gasteiger partial charge in [-0.15, -0.1) is 0 Å². The van der Waals surface area contributed by atoms with Crippen LogP contribution in [0.15, 0.2) is 54.7 Å².